The Balaban J connectivity index is 2.25. The number of nitrogens with zero attached hydrogens (tertiary/aromatic N) is 1. The van der Waals surface area contributed by atoms with Gasteiger partial charge >= 0.3 is 5.97 Å². The van der Waals surface area contributed by atoms with Crippen molar-refractivity contribution in [3.8, 4) is 0 Å². The Hall–Kier alpha value is -1.88. The fourth-order valence-corrected chi connectivity index (χ4v) is 2.17. The number of hydrogen-bond donors (Lipinski definition) is 2. The molecule has 5 nitrogen and oxygen atoms in total. The van der Waals surface area contributed by atoms with Crippen LogP contribution in [-0.2, 0) is 0 Å². The monoisotopic (exact) mass is 249 g/mol. The van der Waals surface area contributed by atoms with Crippen molar-refractivity contribution in [2.75, 3.05) is 13.1 Å². The molecule has 1 atom stereocenters. The predicted octanol–water partition coefficient (Wildman–Crippen LogP) is 0.982. The Kier molecular flexibility index (Phi) is 3.62. The maximum atomic E-state index is 12.2. The molecule has 0 saturated carbocycles. The molecule has 0 radical (unpaired) electrons. The predicted molar refractivity (Wildman–Crippen MR) is 64.5 cm³/mol. The number of piperidine rings is 1. The molecule has 1 aromatic rings. The number of benzene rings is 1. The largest absolute Gasteiger partial charge is 0.478 e. The lowest BCUT2D eigenvalue weighted by molar-refractivity contribution is 0.0468. The third kappa shape index (κ3) is 2.51. The number of aromatic carboxylic acids is 1. The molecule has 2 rings (SSSR count). The zero-order valence-electron chi connectivity index (χ0n) is 9.87. The van der Waals surface area contributed by atoms with Crippen LogP contribution in [0, 0.1) is 0 Å². The molecule has 0 aromatic heterocycles. The molecule has 0 bridgehead atoms. The van der Waals surface area contributed by atoms with E-state index in [1.54, 1.807) is 12.1 Å². The van der Waals surface area contributed by atoms with Crippen molar-refractivity contribution in [3.05, 3.63) is 35.4 Å². The number of aliphatic hydroxyl groups excluding tert-OH is 1. The van der Waals surface area contributed by atoms with Gasteiger partial charge in [0.1, 0.15) is 0 Å². The molecule has 1 fully saturated rings. The van der Waals surface area contributed by atoms with Crippen molar-refractivity contribution in [1.82, 2.24) is 4.90 Å². The molecule has 1 saturated heterocycles. The summed E-state index contributed by atoms with van der Waals surface area (Å²) in [6, 6.07) is 6.15. The fraction of sp³-hybridized carbons (Fsp3) is 0.385. The van der Waals surface area contributed by atoms with Crippen LogP contribution in [-0.4, -0.2) is 46.2 Å². The van der Waals surface area contributed by atoms with Crippen molar-refractivity contribution >= 4 is 11.9 Å². The smallest absolute Gasteiger partial charge is 0.336 e. The van der Waals surface area contributed by atoms with Gasteiger partial charge in [-0.1, -0.05) is 12.1 Å². The first-order valence-electron chi connectivity index (χ1n) is 5.89. The first-order chi connectivity index (χ1) is 8.59. The summed E-state index contributed by atoms with van der Waals surface area (Å²) in [6.45, 7) is 0.830. The van der Waals surface area contributed by atoms with E-state index in [1.807, 2.05) is 0 Å². The number of amides is 1. The number of carboxylic acid groups (broad SMARTS) is 1. The van der Waals surface area contributed by atoms with E-state index in [-0.39, 0.29) is 23.6 Å². The highest BCUT2D eigenvalue weighted by Gasteiger charge is 2.25. The second-order valence-electron chi connectivity index (χ2n) is 4.40. The lowest BCUT2D eigenvalue weighted by atomic mass is 10.0. The summed E-state index contributed by atoms with van der Waals surface area (Å²) >= 11 is 0. The van der Waals surface area contributed by atoms with Gasteiger partial charge in [-0.3, -0.25) is 4.79 Å². The minimum absolute atomic E-state index is 0.00237. The molecule has 0 aliphatic carbocycles. The van der Waals surface area contributed by atoms with Gasteiger partial charge in [0.2, 0.25) is 0 Å². The van der Waals surface area contributed by atoms with Crippen LogP contribution in [0.4, 0.5) is 0 Å². The summed E-state index contributed by atoms with van der Waals surface area (Å²) < 4.78 is 0. The highest BCUT2D eigenvalue weighted by molar-refractivity contribution is 6.04. The van der Waals surface area contributed by atoms with E-state index in [4.69, 9.17) is 5.11 Å². The van der Waals surface area contributed by atoms with Crippen LogP contribution in [0.1, 0.15) is 33.6 Å². The molecule has 1 aromatic carbocycles. The molecule has 96 valence electrons. The normalized spacial score (nSPS) is 19.6. The van der Waals surface area contributed by atoms with Gasteiger partial charge in [-0.2, -0.15) is 0 Å². The van der Waals surface area contributed by atoms with Crippen molar-refractivity contribution in [2.24, 2.45) is 0 Å². The van der Waals surface area contributed by atoms with Crippen LogP contribution in [0.25, 0.3) is 0 Å². The number of likely N-dealkylation sites (tertiary alicyclic amines) is 1. The zero-order valence-corrected chi connectivity index (χ0v) is 9.87. The average Bonchev–Trinajstić information content (AvgIpc) is 2.38. The Bertz CT molecular complexity index is 472. The minimum atomic E-state index is -1.11. The molecule has 0 spiro atoms. The molecular weight excluding hydrogens is 234 g/mol. The van der Waals surface area contributed by atoms with E-state index < -0.39 is 12.1 Å². The van der Waals surface area contributed by atoms with E-state index in [9.17, 15) is 14.7 Å². The summed E-state index contributed by atoms with van der Waals surface area (Å²) in [4.78, 5) is 24.8. The summed E-state index contributed by atoms with van der Waals surface area (Å²) in [5, 5.41) is 18.6. The first-order valence-corrected chi connectivity index (χ1v) is 5.89. The van der Waals surface area contributed by atoms with Crippen LogP contribution in [0.15, 0.2) is 24.3 Å². The SMILES string of the molecule is O=C(O)c1ccccc1C(=O)N1CCCC(O)C1. The third-order valence-corrected chi connectivity index (χ3v) is 3.07. The number of carbonyl (C=O) groups is 2. The lowest BCUT2D eigenvalue weighted by Crippen LogP contribution is -2.42. The topological polar surface area (TPSA) is 77.8 Å². The van der Waals surface area contributed by atoms with Crippen LogP contribution in [0.5, 0.6) is 0 Å². The van der Waals surface area contributed by atoms with Gasteiger partial charge in [0.15, 0.2) is 0 Å². The number of carboxylic acids is 1. The number of hydrogen-bond acceptors (Lipinski definition) is 3. The van der Waals surface area contributed by atoms with Crippen molar-refractivity contribution in [1.29, 1.82) is 0 Å². The Morgan fingerprint density at radius 3 is 2.50 bits per heavy atom. The van der Waals surface area contributed by atoms with Gasteiger partial charge < -0.3 is 15.1 Å². The van der Waals surface area contributed by atoms with Crippen molar-refractivity contribution < 1.29 is 19.8 Å². The van der Waals surface area contributed by atoms with E-state index in [0.29, 0.717) is 13.0 Å². The van der Waals surface area contributed by atoms with Gasteiger partial charge in [-0.05, 0) is 25.0 Å². The van der Waals surface area contributed by atoms with E-state index in [0.717, 1.165) is 6.42 Å². The number of aliphatic hydroxyl groups is 1. The first kappa shape index (κ1) is 12.6. The standard InChI is InChI=1S/C13H15NO4/c15-9-4-3-7-14(8-9)12(16)10-5-1-2-6-11(10)13(17)18/h1-2,5-6,9,15H,3-4,7-8H2,(H,17,18). The lowest BCUT2D eigenvalue weighted by Gasteiger charge is -2.30. The summed E-state index contributed by atoms with van der Waals surface area (Å²) in [5.41, 5.74) is 0.182. The fourth-order valence-electron chi connectivity index (χ4n) is 2.17. The van der Waals surface area contributed by atoms with Gasteiger partial charge in [0.25, 0.3) is 5.91 Å². The molecule has 5 heteroatoms. The number of β-amino-alcohol motifs (C(OH)–C–C–N with tert-alkyl or cyclic N) is 1. The molecule has 2 N–H and O–H groups in total. The van der Waals surface area contributed by atoms with E-state index in [1.165, 1.54) is 17.0 Å². The Morgan fingerprint density at radius 2 is 1.89 bits per heavy atom. The molecule has 1 amide bonds. The van der Waals surface area contributed by atoms with Crippen molar-refractivity contribution in [3.63, 3.8) is 0 Å². The van der Waals surface area contributed by atoms with E-state index >= 15 is 0 Å². The number of carbonyl (C=O) groups excluding carboxylic acids is 1. The Morgan fingerprint density at radius 1 is 1.22 bits per heavy atom. The minimum Gasteiger partial charge on any atom is -0.478 e. The van der Waals surface area contributed by atoms with Gasteiger partial charge in [-0.25, -0.2) is 4.79 Å². The highest BCUT2D eigenvalue weighted by atomic mass is 16.4. The number of rotatable bonds is 2. The molecule has 1 aliphatic heterocycles. The molecule has 18 heavy (non-hydrogen) atoms. The van der Waals surface area contributed by atoms with Crippen LogP contribution in [0.3, 0.4) is 0 Å². The summed E-state index contributed by atoms with van der Waals surface area (Å²) in [6.07, 6.45) is 0.909. The zero-order chi connectivity index (χ0) is 13.1. The maximum Gasteiger partial charge on any atom is 0.336 e. The quantitative estimate of drug-likeness (QED) is 0.819. The van der Waals surface area contributed by atoms with Crippen LogP contribution in [0.2, 0.25) is 0 Å². The van der Waals surface area contributed by atoms with Gasteiger partial charge in [-0.15, -0.1) is 0 Å². The summed E-state index contributed by atoms with van der Waals surface area (Å²) in [7, 11) is 0. The van der Waals surface area contributed by atoms with Crippen LogP contribution >= 0.6 is 0 Å². The molecule has 1 aliphatic rings. The maximum absolute atomic E-state index is 12.2. The van der Waals surface area contributed by atoms with E-state index in [2.05, 4.69) is 0 Å². The van der Waals surface area contributed by atoms with Gasteiger partial charge in [0.05, 0.1) is 17.2 Å². The highest BCUT2D eigenvalue weighted by Crippen LogP contribution is 2.16. The molecular formula is C13H15NO4. The third-order valence-electron chi connectivity index (χ3n) is 3.07. The van der Waals surface area contributed by atoms with Crippen molar-refractivity contribution in [2.45, 2.75) is 18.9 Å². The second-order valence-corrected chi connectivity index (χ2v) is 4.40. The summed E-state index contributed by atoms with van der Waals surface area (Å²) in [5.74, 6) is -1.44. The van der Waals surface area contributed by atoms with Gasteiger partial charge in [0, 0.05) is 13.1 Å². The molecule has 1 unspecified atom stereocenters. The van der Waals surface area contributed by atoms with Crippen LogP contribution < -0.4 is 0 Å². The second kappa shape index (κ2) is 5.18. The molecule has 1 heterocycles. The Labute approximate surface area is 105 Å². The average molecular weight is 249 g/mol.